The van der Waals surface area contributed by atoms with E-state index in [-0.39, 0.29) is 6.04 Å². The largest absolute Gasteiger partial charge is 0.497 e. The van der Waals surface area contributed by atoms with E-state index in [9.17, 15) is 9.59 Å². The van der Waals surface area contributed by atoms with Gasteiger partial charge in [-0.05, 0) is 42.3 Å². The maximum atomic E-state index is 11.9. The van der Waals surface area contributed by atoms with Gasteiger partial charge in [0.1, 0.15) is 5.75 Å². The summed E-state index contributed by atoms with van der Waals surface area (Å²) in [5, 5.41) is 6.96. The fraction of sp³-hybridized carbons (Fsp3) is 0.167. The molecule has 25 heavy (non-hydrogen) atoms. The molecule has 2 aromatic carbocycles. The molecule has 0 fully saturated rings. The number of ether oxygens (including phenoxy) is 1. The third-order valence-corrected chi connectivity index (χ3v) is 3.67. The van der Waals surface area contributed by atoms with Crippen molar-refractivity contribution >= 4 is 29.6 Å². The maximum Gasteiger partial charge on any atom is 0.329 e. The fourth-order valence-corrected chi connectivity index (χ4v) is 2.13. The summed E-state index contributed by atoms with van der Waals surface area (Å²) >= 11 is 5.78. The van der Waals surface area contributed by atoms with E-state index in [4.69, 9.17) is 16.3 Å². The highest BCUT2D eigenvalue weighted by molar-refractivity contribution is 6.35. The number of halogens is 1. The van der Waals surface area contributed by atoms with Gasteiger partial charge in [-0.2, -0.15) is 5.10 Å². The Bertz CT molecular complexity index is 758. The van der Waals surface area contributed by atoms with Crippen LogP contribution in [0.25, 0.3) is 0 Å². The van der Waals surface area contributed by atoms with Crippen LogP contribution in [0, 0.1) is 0 Å². The zero-order valence-corrected chi connectivity index (χ0v) is 14.6. The first-order chi connectivity index (χ1) is 12.0. The van der Waals surface area contributed by atoms with E-state index in [1.165, 1.54) is 6.21 Å². The van der Waals surface area contributed by atoms with Crippen molar-refractivity contribution in [3.63, 3.8) is 0 Å². The van der Waals surface area contributed by atoms with Gasteiger partial charge in [0.25, 0.3) is 0 Å². The summed E-state index contributed by atoms with van der Waals surface area (Å²) < 4.78 is 5.08. The van der Waals surface area contributed by atoms with E-state index in [2.05, 4.69) is 15.8 Å². The highest BCUT2D eigenvalue weighted by Gasteiger charge is 2.16. The number of carbonyl (C=O) groups is 2. The van der Waals surface area contributed by atoms with Crippen LogP contribution in [-0.4, -0.2) is 25.1 Å². The van der Waals surface area contributed by atoms with E-state index >= 15 is 0 Å². The predicted molar refractivity (Wildman–Crippen MR) is 96.7 cm³/mol. The monoisotopic (exact) mass is 359 g/mol. The van der Waals surface area contributed by atoms with E-state index < -0.39 is 11.8 Å². The summed E-state index contributed by atoms with van der Waals surface area (Å²) in [6.07, 6.45) is 1.43. The number of carbonyl (C=O) groups excluding carboxylic acids is 2. The summed E-state index contributed by atoms with van der Waals surface area (Å²) in [5.74, 6) is -0.890. The molecule has 0 aliphatic heterocycles. The van der Waals surface area contributed by atoms with Gasteiger partial charge in [-0.25, -0.2) is 5.43 Å². The third-order valence-electron chi connectivity index (χ3n) is 3.42. The van der Waals surface area contributed by atoms with Gasteiger partial charge in [0.05, 0.1) is 19.4 Å². The second-order valence-corrected chi connectivity index (χ2v) is 5.66. The average molecular weight is 360 g/mol. The molecule has 6 nitrogen and oxygen atoms in total. The van der Waals surface area contributed by atoms with Gasteiger partial charge in [-0.1, -0.05) is 35.9 Å². The number of amides is 2. The summed E-state index contributed by atoms with van der Waals surface area (Å²) in [4.78, 5) is 23.7. The van der Waals surface area contributed by atoms with Crippen LogP contribution in [0.5, 0.6) is 5.75 Å². The van der Waals surface area contributed by atoms with Crippen molar-refractivity contribution in [2.75, 3.05) is 7.11 Å². The number of nitrogens with zero attached hydrogens (tertiary/aromatic N) is 1. The Balaban J connectivity index is 1.86. The maximum absolute atomic E-state index is 11.9. The lowest BCUT2D eigenvalue weighted by Gasteiger charge is -2.13. The number of rotatable bonds is 5. The second kappa shape index (κ2) is 8.84. The Hall–Kier alpha value is -2.86. The number of hydrazone groups is 1. The molecule has 0 saturated heterocycles. The fourth-order valence-electron chi connectivity index (χ4n) is 2.00. The van der Waals surface area contributed by atoms with Gasteiger partial charge >= 0.3 is 11.8 Å². The minimum atomic E-state index is -0.842. The number of hydrogen-bond acceptors (Lipinski definition) is 4. The first kappa shape index (κ1) is 18.5. The lowest BCUT2D eigenvalue weighted by molar-refractivity contribution is -0.139. The minimum Gasteiger partial charge on any atom is -0.497 e. The van der Waals surface area contributed by atoms with E-state index in [1.54, 1.807) is 50.4 Å². The van der Waals surface area contributed by atoms with Crippen molar-refractivity contribution < 1.29 is 14.3 Å². The second-order valence-electron chi connectivity index (χ2n) is 5.22. The summed E-state index contributed by atoms with van der Waals surface area (Å²) in [6.45, 7) is 1.78. The highest BCUT2D eigenvalue weighted by Crippen LogP contribution is 2.17. The number of hydrogen-bond donors (Lipinski definition) is 2. The molecule has 130 valence electrons. The molecule has 7 heteroatoms. The highest BCUT2D eigenvalue weighted by atomic mass is 35.5. The minimum absolute atomic E-state index is 0.329. The van der Waals surface area contributed by atoms with Crippen molar-refractivity contribution in [1.82, 2.24) is 10.7 Å². The molecule has 1 atom stereocenters. The lowest BCUT2D eigenvalue weighted by Crippen LogP contribution is -2.39. The molecule has 0 spiro atoms. The first-order valence-electron chi connectivity index (χ1n) is 7.53. The Kier molecular flexibility index (Phi) is 6.54. The molecule has 2 amide bonds. The van der Waals surface area contributed by atoms with Gasteiger partial charge < -0.3 is 10.1 Å². The molecule has 0 heterocycles. The zero-order valence-electron chi connectivity index (χ0n) is 13.8. The number of nitrogens with one attached hydrogen (secondary N) is 2. The van der Waals surface area contributed by atoms with Crippen molar-refractivity contribution in [2.45, 2.75) is 13.0 Å². The van der Waals surface area contributed by atoms with Crippen LogP contribution in [0.3, 0.4) is 0 Å². The van der Waals surface area contributed by atoms with Crippen LogP contribution in [-0.2, 0) is 9.59 Å². The van der Waals surface area contributed by atoms with Crippen molar-refractivity contribution in [1.29, 1.82) is 0 Å². The molecular formula is C18H18ClN3O3. The van der Waals surface area contributed by atoms with Gasteiger partial charge in [0.15, 0.2) is 0 Å². The smallest absolute Gasteiger partial charge is 0.329 e. The van der Waals surface area contributed by atoms with Crippen LogP contribution < -0.4 is 15.5 Å². The molecule has 2 rings (SSSR count). The van der Waals surface area contributed by atoms with E-state index in [0.29, 0.717) is 5.02 Å². The van der Waals surface area contributed by atoms with Gasteiger partial charge in [-0.3, -0.25) is 9.59 Å². The molecule has 0 saturated carbocycles. The summed E-state index contributed by atoms with van der Waals surface area (Å²) in [7, 11) is 1.58. The van der Waals surface area contributed by atoms with E-state index in [1.807, 2.05) is 12.1 Å². The molecule has 0 aliphatic carbocycles. The van der Waals surface area contributed by atoms with Crippen LogP contribution in [0.4, 0.5) is 0 Å². The summed E-state index contributed by atoms with van der Waals surface area (Å²) in [6, 6.07) is 13.8. The van der Waals surface area contributed by atoms with Crippen LogP contribution in [0.1, 0.15) is 24.1 Å². The first-order valence-corrected chi connectivity index (χ1v) is 7.91. The molecule has 0 aromatic heterocycles. The molecular weight excluding hydrogens is 342 g/mol. The van der Waals surface area contributed by atoms with E-state index in [0.717, 1.165) is 16.9 Å². The quantitative estimate of drug-likeness (QED) is 0.489. The van der Waals surface area contributed by atoms with Gasteiger partial charge in [0.2, 0.25) is 0 Å². The van der Waals surface area contributed by atoms with Crippen molar-refractivity contribution in [3.05, 3.63) is 64.7 Å². The Morgan fingerprint density at radius 3 is 2.32 bits per heavy atom. The summed E-state index contributed by atoms with van der Waals surface area (Å²) in [5.41, 5.74) is 3.79. The molecule has 0 radical (unpaired) electrons. The number of methoxy groups -OCH3 is 1. The van der Waals surface area contributed by atoms with Crippen LogP contribution in [0.2, 0.25) is 5.02 Å². The molecule has 1 unspecified atom stereocenters. The van der Waals surface area contributed by atoms with Gasteiger partial charge in [-0.15, -0.1) is 0 Å². The van der Waals surface area contributed by atoms with Crippen molar-refractivity contribution in [3.8, 4) is 5.75 Å². The van der Waals surface area contributed by atoms with Crippen molar-refractivity contribution in [2.24, 2.45) is 5.10 Å². The zero-order chi connectivity index (χ0) is 18.2. The molecule has 2 N–H and O–H groups in total. The van der Waals surface area contributed by atoms with Crippen LogP contribution >= 0.6 is 11.6 Å². The Morgan fingerprint density at radius 2 is 1.72 bits per heavy atom. The molecule has 0 bridgehead atoms. The molecule has 0 aliphatic rings. The lowest BCUT2D eigenvalue weighted by atomic mass is 10.1. The third kappa shape index (κ3) is 5.61. The Morgan fingerprint density at radius 1 is 1.08 bits per heavy atom. The standard InChI is InChI=1S/C18H18ClN3O3/c1-12(14-5-9-16(25-2)10-6-14)21-17(23)18(24)22-20-11-13-3-7-15(19)8-4-13/h3-12H,1-2H3,(H,21,23)(H,22,24)/b20-11+. The Labute approximate surface area is 150 Å². The topological polar surface area (TPSA) is 79.8 Å². The SMILES string of the molecule is COc1ccc(C(C)NC(=O)C(=O)N/N=C/c2ccc(Cl)cc2)cc1. The number of benzene rings is 2. The molecule has 2 aromatic rings. The van der Waals surface area contributed by atoms with Gasteiger partial charge in [0, 0.05) is 5.02 Å². The predicted octanol–water partition coefficient (Wildman–Crippen LogP) is 2.68. The normalized spacial score (nSPS) is 11.8. The average Bonchev–Trinajstić information content (AvgIpc) is 2.63. The van der Waals surface area contributed by atoms with Crippen LogP contribution in [0.15, 0.2) is 53.6 Å².